The molecule has 6 nitrogen and oxygen atoms in total. The highest BCUT2D eigenvalue weighted by Crippen LogP contribution is 2.19. The summed E-state index contributed by atoms with van der Waals surface area (Å²) in [5.41, 5.74) is 1.93. The van der Waals surface area contributed by atoms with Crippen molar-refractivity contribution in [3.63, 3.8) is 0 Å². The van der Waals surface area contributed by atoms with Crippen LogP contribution in [0, 0.1) is 6.92 Å². The van der Waals surface area contributed by atoms with E-state index in [2.05, 4.69) is 26.0 Å². The third-order valence-corrected chi connectivity index (χ3v) is 5.21. The molecule has 0 aliphatic rings. The lowest BCUT2D eigenvalue weighted by molar-refractivity contribution is 0.186. The Labute approximate surface area is 201 Å². The zero-order valence-electron chi connectivity index (χ0n) is 18.4. The molecule has 1 heterocycles. The Kier molecular flexibility index (Phi) is 13.0. The quantitative estimate of drug-likeness (QED) is 0.168. The highest BCUT2D eigenvalue weighted by molar-refractivity contribution is 14.0. The Balaban J connectivity index is 0.00000450. The summed E-state index contributed by atoms with van der Waals surface area (Å²) < 4.78 is 5.64. The van der Waals surface area contributed by atoms with Gasteiger partial charge in [-0.3, -0.25) is 4.99 Å². The van der Waals surface area contributed by atoms with Gasteiger partial charge in [0.05, 0.1) is 23.8 Å². The number of nitrogens with zero attached hydrogens (tertiary/aromatic N) is 2. The standard InChI is InChI=1S/C22H34N4O2S.HI/c1-5-23-22(24-13-7-6-8-21-26-17(4)15-29-21)25-14-20(27)18-9-11-19(12-10-18)28-16(2)3;/h9-12,15-16,20,27H,5-8,13-14H2,1-4H3,(H2,23,24,25);1H. The molecule has 168 valence electrons. The summed E-state index contributed by atoms with van der Waals surface area (Å²) in [5, 5.41) is 20.3. The minimum atomic E-state index is -0.647. The maximum Gasteiger partial charge on any atom is 0.191 e. The molecule has 0 saturated carbocycles. The van der Waals surface area contributed by atoms with Gasteiger partial charge in [-0.25, -0.2) is 4.98 Å². The fourth-order valence-electron chi connectivity index (χ4n) is 2.79. The van der Waals surface area contributed by atoms with Gasteiger partial charge in [0, 0.05) is 24.2 Å². The fraction of sp³-hybridized carbons (Fsp3) is 0.545. The summed E-state index contributed by atoms with van der Waals surface area (Å²) in [4.78, 5) is 9.02. The van der Waals surface area contributed by atoms with E-state index in [-0.39, 0.29) is 30.1 Å². The molecule has 0 radical (unpaired) electrons. The third kappa shape index (κ3) is 10.1. The average molecular weight is 547 g/mol. The molecule has 2 aromatic rings. The van der Waals surface area contributed by atoms with Gasteiger partial charge >= 0.3 is 0 Å². The SMILES string of the molecule is CCNC(=NCC(O)c1ccc(OC(C)C)cc1)NCCCCc1nc(C)cs1.I. The van der Waals surface area contributed by atoms with E-state index in [1.54, 1.807) is 11.3 Å². The Hall–Kier alpha value is -1.39. The predicted octanol–water partition coefficient (Wildman–Crippen LogP) is 4.47. The van der Waals surface area contributed by atoms with Gasteiger partial charge in [0.1, 0.15) is 5.75 Å². The average Bonchev–Trinajstić information content (AvgIpc) is 3.10. The molecule has 0 aliphatic heterocycles. The highest BCUT2D eigenvalue weighted by Gasteiger charge is 2.08. The van der Waals surface area contributed by atoms with Crippen molar-refractivity contribution in [2.24, 2.45) is 4.99 Å². The second kappa shape index (κ2) is 14.6. The molecule has 8 heteroatoms. The maximum absolute atomic E-state index is 10.4. The number of aromatic nitrogens is 1. The number of rotatable bonds is 11. The van der Waals surface area contributed by atoms with Gasteiger partial charge in [0.2, 0.25) is 0 Å². The molecule has 0 bridgehead atoms. The first-order valence-corrected chi connectivity index (χ1v) is 11.2. The molecule has 3 N–H and O–H groups in total. The maximum atomic E-state index is 10.4. The number of hydrogen-bond donors (Lipinski definition) is 3. The number of aliphatic imine (C=N–C) groups is 1. The number of guanidine groups is 1. The van der Waals surface area contributed by atoms with Crippen LogP contribution in [0.1, 0.15) is 56.0 Å². The summed E-state index contributed by atoms with van der Waals surface area (Å²) in [6.45, 7) is 9.97. The van der Waals surface area contributed by atoms with E-state index >= 15 is 0 Å². The summed E-state index contributed by atoms with van der Waals surface area (Å²) in [5.74, 6) is 1.54. The van der Waals surface area contributed by atoms with Crippen molar-refractivity contribution >= 4 is 41.3 Å². The van der Waals surface area contributed by atoms with E-state index < -0.39 is 6.10 Å². The number of aliphatic hydroxyl groups is 1. The number of aliphatic hydroxyl groups excluding tert-OH is 1. The summed E-state index contributed by atoms with van der Waals surface area (Å²) in [7, 11) is 0. The van der Waals surface area contributed by atoms with E-state index in [4.69, 9.17) is 4.74 Å². The van der Waals surface area contributed by atoms with E-state index in [9.17, 15) is 5.11 Å². The first-order chi connectivity index (χ1) is 14.0. The van der Waals surface area contributed by atoms with Crippen LogP contribution in [0.25, 0.3) is 0 Å². The van der Waals surface area contributed by atoms with Crippen molar-refractivity contribution in [1.82, 2.24) is 15.6 Å². The van der Waals surface area contributed by atoms with Crippen LogP contribution in [0.4, 0.5) is 0 Å². The Bertz CT molecular complexity index is 750. The van der Waals surface area contributed by atoms with Gasteiger partial charge in [0.25, 0.3) is 0 Å². The van der Waals surface area contributed by atoms with Crippen LogP contribution < -0.4 is 15.4 Å². The van der Waals surface area contributed by atoms with Crippen molar-refractivity contribution in [2.75, 3.05) is 19.6 Å². The number of ether oxygens (including phenoxy) is 1. The van der Waals surface area contributed by atoms with Crippen LogP contribution in [0.5, 0.6) is 5.75 Å². The number of thiazole rings is 1. The van der Waals surface area contributed by atoms with Gasteiger partial charge in [-0.1, -0.05) is 12.1 Å². The van der Waals surface area contributed by atoms with Crippen molar-refractivity contribution in [3.8, 4) is 5.75 Å². The molecule has 1 atom stereocenters. The lowest BCUT2D eigenvalue weighted by Gasteiger charge is -2.14. The number of unbranched alkanes of at least 4 members (excludes halogenated alkanes) is 1. The molecule has 1 aromatic heterocycles. The van der Waals surface area contributed by atoms with Crippen LogP contribution in [0.2, 0.25) is 0 Å². The molecule has 0 spiro atoms. The second-order valence-electron chi connectivity index (χ2n) is 7.24. The molecule has 30 heavy (non-hydrogen) atoms. The number of hydrogen-bond acceptors (Lipinski definition) is 5. The first kappa shape index (κ1) is 26.6. The monoisotopic (exact) mass is 546 g/mol. The predicted molar refractivity (Wildman–Crippen MR) is 136 cm³/mol. The zero-order chi connectivity index (χ0) is 21.1. The zero-order valence-corrected chi connectivity index (χ0v) is 21.5. The largest absolute Gasteiger partial charge is 0.491 e. The van der Waals surface area contributed by atoms with Crippen LogP contribution in [-0.4, -0.2) is 41.8 Å². The van der Waals surface area contributed by atoms with Gasteiger partial charge in [-0.15, -0.1) is 35.3 Å². The van der Waals surface area contributed by atoms with Crippen molar-refractivity contribution < 1.29 is 9.84 Å². The molecule has 1 unspecified atom stereocenters. The molecule has 0 fully saturated rings. The molecule has 0 aliphatic carbocycles. The van der Waals surface area contributed by atoms with Crippen LogP contribution in [-0.2, 0) is 6.42 Å². The van der Waals surface area contributed by atoms with Crippen molar-refractivity contribution in [3.05, 3.63) is 45.9 Å². The molecule has 2 rings (SSSR count). The van der Waals surface area contributed by atoms with Crippen LogP contribution >= 0.6 is 35.3 Å². The van der Waals surface area contributed by atoms with E-state index in [1.165, 1.54) is 5.01 Å². The Morgan fingerprint density at radius 1 is 1.20 bits per heavy atom. The van der Waals surface area contributed by atoms with E-state index in [0.29, 0.717) is 6.54 Å². The van der Waals surface area contributed by atoms with Crippen LogP contribution in [0.15, 0.2) is 34.6 Å². The normalized spacial score (nSPS) is 12.4. The number of aryl methyl sites for hydroxylation is 2. The summed E-state index contributed by atoms with van der Waals surface area (Å²) >= 11 is 1.73. The van der Waals surface area contributed by atoms with Gasteiger partial charge < -0.3 is 20.5 Å². The van der Waals surface area contributed by atoms with Gasteiger partial charge in [-0.2, -0.15) is 0 Å². The first-order valence-electron chi connectivity index (χ1n) is 10.4. The second-order valence-corrected chi connectivity index (χ2v) is 8.18. The Morgan fingerprint density at radius 2 is 1.93 bits per heavy atom. The van der Waals surface area contributed by atoms with Crippen LogP contribution in [0.3, 0.4) is 0 Å². The molecular weight excluding hydrogens is 511 g/mol. The summed E-state index contributed by atoms with van der Waals surface area (Å²) in [6, 6.07) is 7.54. The minimum Gasteiger partial charge on any atom is -0.491 e. The third-order valence-electron chi connectivity index (χ3n) is 4.18. The van der Waals surface area contributed by atoms with E-state index in [0.717, 1.165) is 55.3 Å². The summed E-state index contributed by atoms with van der Waals surface area (Å²) in [6.07, 6.45) is 2.64. The molecule has 1 aromatic carbocycles. The number of nitrogens with one attached hydrogen (secondary N) is 2. The van der Waals surface area contributed by atoms with E-state index in [1.807, 2.05) is 52.0 Å². The highest BCUT2D eigenvalue weighted by atomic mass is 127. The topological polar surface area (TPSA) is 78.8 Å². The smallest absolute Gasteiger partial charge is 0.191 e. The number of benzene rings is 1. The number of halogens is 1. The van der Waals surface area contributed by atoms with Crippen molar-refractivity contribution in [1.29, 1.82) is 0 Å². The van der Waals surface area contributed by atoms with Crippen molar-refractivity contribution in [2.45, 2.75) is 59.2 Å². The molecule has 0 amide bonds. The fourth-order valence-corrected chi connectivity index (χ4v) is 3.61. The molecular formula is C22H35IN4O2S. The Morgan fingerprint density at radius 3 is 2.53 bits per heavy atom. The van der Waals surface area contributed by atoms with Gasteiger partial charge in [-0.05, 0) is 64.7 Å². The minimum absolute atomic E-state index is 0. The van der Waals surface area contributed by atoms with Gasteiger partial charge in [0.15, 0.2) is 5.96 Å². The lowest BCUT2D eigenvalue weighted by Crippen LogP contribution is -2.38. The molecule has 0 saturated heterocycles. The lowest BCUT2D eigenvalue weighted by atomic mass is 10.1.